The van der Waals surface area contributed by atoms with E-state index in [1.807, 2.05) is 0 Å². The maximum atomic E-state index is 12.8. The summed E-state index contributed by atoms with van der Waals surface area (Å²) in [5, 5.41) is 0. The minimum absolute atomic E-state index is 0.292. The van der Waals surface area contributed by atoms with E-state index in [-0.39, 0.29) is 5.82 Å². The van der Waals surface area contributed by atoms with Crippen molar-refractivity contribution in [1.29, 1.82) is 0 Å². The van der Waals surface area contributed by atoms with Crippen molar-refractivity contribution in [2.24, 2.45) is 5.73 Å². The molecule has 1 rings (SSSR count). The Morgan fingerprint density at radius 3 is 2.67 bits per heavy atom. The number of primary amides is 1. The summed E-state index contributed by atoms with van der Waals surface area (Å²) in [6.07, 6.45) is 0. The number of hydrogen-bond donors (Lipinski definition) is 1. The Morgan fingerprint density at radius 1 is 1.58 bits per heavy atom. The van der Waals surface area contributed by atoms with Crippen LogP contribution in [-0.4, -0.2) is 5.91 Å². The van der Waals surface area contributed by atoms with E-state index < -0.39 is 5.91 Å². The van der Waals surface area contributed by atoms with Gasteiger partial charge in [0.25, 0.3) is 0 Å². The molecule has 0 aliphatic heterocycles. The molecule has 64 valence electrons. The van der Waals surface area contributed by atoms with Gasteiger partial charge in [0, 0.05) is 8.04 Å². The van der Waals surface area contributed by atoms with Gasteiger partial charge in [-0.25, -0.2) is 4.39 Å². The Hall–Kier alpha value is -0.170. The van der Waals surface area contributed by atoms with Gasteiger partial charge in [0.2, 0.25) is 5.91 Å². The second-order valence-electron chi connectivity index (χ2n) is 2.11. The van der Waals surface area contributed by atoms with Gasteiger partial charge in [0.15, 0.2) is 0 Å². The topological polar surface area (TPSA) is 43.1 Å². The number of halogens is 3. The Kier molecular flexibility index (Phi) is 3.05. The van der Waals surface area contributed by atoms with Crippen molar-refractivity contribution < 1.29 is 9.18 Å². The minimum atomic E-state index is -0.570. The molecule has 5 heteroatoms. The summed E-state index contributed by atoms with van der Waals surface area (Å²) in [6, 6.07) is 2.63. The van der Waals surface area contributed by atoms with E-state index in [4.69, 9.17) is 5.73 Å². The van der Waals surface area contributed by atoms with E-state index in [2.05, 4.69) is 15.9 Å². The van der Waals surface area contributed by atoms with Gasteiger partial charge in [-0.15, -0.1) is 0 Å². The maximum Gasteiger partial charge on any atom is 0.249 e. The highest BCUT2D eigenvalue weighted by Crippen LogP contribution is 2.21. The lowest BCUT2D eigenvalue weighted by Gasteiger charge is -2.01. The molecule has 1 aromatic carbocycles. The van der Waals surface area contributed by atoms with Crippen LogP contribution in [0.5, 0.6) is 0 Å². The first-order chi connectivity index (χ1) is 5.52. The van der Waals surface area contributed by atoms with E-state index in [0.717, 1.165) is 0 Å². The van der Waals surface area contributed by atoms with Crippen molar-refractivity contribution in [2.75, 3.05) is 0 Å². The highest BCUT2D eigenvalue weighted by atomic mass is 127. The molecule has 2 nitrogen and oxygen atoms in total. The van der Waals surface area contributed by atoms with Gasteiger partial charge in [-0.2, -0.15) is 0 Å². The summed E-state index contributed by atoms with van der Waals surface area (Å²) in [4.78, 5) is 10.8. The van der Waals surface area contributed by atoms with Crippen molar-refractivity contribution in [2.45, 2.75) is 0 Å². The molecule has 0 saturated carbocycles. The van der Waals surface area contributed by atoms with E-state index in [1.165, 1.54) is 12.1 Å². The minimum Gasteiger partial charge on any atom is -0.366 e. The second-order valence-corrected chi connectivity index (χ2v) is 4.13. The van der Waals surface area contributed by atoms with Gasteiger partial charge in [0.1, 0.15) is 5.82 Å². The first-order valence-electron chi connectivity index (χ1n) is 2.96. The molecule has 12 heavy (non-hydrogen) atoms. The molecule has 1 amide bonds. The predicted octanol–water partition coefficient (Wildman–Crippen LogP) is 2.29. The molecule has 2 N–H and O–H groups in total. The van der Waals surface area contributed by atoms with E-state index >= 15 is 0 Å². The van der Waals surface area contributed by atoms with Gasteiger partial charge in [-0.3, -0.25) is 4.79 Å². The SMILES string of the molecule is NC(=O)c1cc(I)c(F)cc1Br. The van der Waals surface area contributed by atoms with Gasteiger partial charge >= 0.3 is 0 Å². The van der Waals surface area contributed by atoms with Crippen LogP contribution in [0, 0.1) is 9.39 Å². The zero-order valence-corrected chi connectivity index (χ0v) is 9.52. The first kappa shape index (κ1) is 9.91. The zero-order chi connectivity index (χ0) is 9.30. The van der Waals surface area contributed by atoms with E-state index in [9.17, 15) is 9.18 Å². The van der Waals surface area contributed by atoms with Gasteiger partial charge in [-0.1, -0.05) is 0 Å². The van der Waals surface area contributed by atoms with Crippen LogP contribution in [0.4, 0.5) is 4.39 Å². The van der Waals surface area contributed by atoms with E-state index in [0.29, 0.717) is 13.6 Å². The number of nitrogens with two attached hydrogens (primary N) is 1. The van der Waals surface area contributed by atoms with Crippen LogP contribution in [0.25, 0.3) is 0 Å². The van der Waals surface area contributed by atoms with Gasteiger partial charge < -0.3 is 5.73 Å². The largest absolute Gasteiger partial charge is 0.366 e. The van der Waals surface area contributed by atoms with Gasteiger partial charge in [0.05, 0.1) is 5.56 Å². The maximum absolute atomic E-state index is 12.8. The van der Waals surface area contributed by atoms with Crippen LogP contribution in [0.1, 0.15) is 10.4 Å². The Balaban J connectivity index is 3.33. The third-order valence-corrected chi connectivity index (χ3v) is 2.76. The summed E-state index contributed by atoms with van der Waals surface area (Å²) < 4.78 is 13.6. The van der Waals surface area contributed by atoms with E-state index in [1.54, 1.807) is 22.6 Å². The molecule has 0 aromatic heterocycles. The summed E-state index contributed by atoms with van der Waals surface area (Å²) >= 11 is 4.83. The molecule has 0 heterocycles. The normalized spacial score (nSPS) is 9.92. The number of rotatable bonds is 1. The molecular weight excluding hydrogens is 340 g/mol. The summed E-state index contributed by atoms with van der Waals surface area (Å²) in [5.41, 5.74) is 5.33. The standard InChI is InChI=1S/C7H4BrFINO/c8-4-2-5(9)6(10)1-3(4)7(11)12/h1-2H,(H2,11,12). The summed E-state index contributed by atoms with van der Waals surface area (Å²) in [6.45, 7) is 0. The van der Waals surface area contributed by atoms with Crippen LogP contribution in [0.15, 0.2) is 16.6 Å². The van der Waals surface area contributed by atoms with Crippen LogP contribution < -0.4 is 5.73 Å². The zero-order valence-electron chi connectivity index (χ0n) is 5.77. The summed E-state index contributed by atoms with van der Waals surface area (Å²) in [5.74, 6) is -0.938. The lowest BCUT2D eigenvalue weighted by atomic mass is 10.2. The van der Waals surface area contributed by atoms with Crippen LogP contribution in [0.3, 0.4) is 0 Å². The van der Waals surface area contributed by atoms with Gasteiger partial charge in [-0.05, 0) is 50.7 Å². The fourth-order valence-electron chi connectivity index (χ4n) is 0.711. The molecule has 0 atom stereocenters. The fraction of sp³-hybridized carbons (Fsp3) is 0. The number of benzene rings is 1. The van der Waals surface area contributed by atoms with Crippen LogP contribution in [-0.2, 0) is 0 Å². The number of carbonyl (C=O) groups is 1. The third kappa shape index (κ3) is 1.95. The first-order valence-corrected chi connectivity index (χ1v) is 4.84. The third-order valence-electron chi connectivity index (χ3n) is 1.28. The molecule has 0 unspecified atom stereocenters. The number of carbonyl (C=O) groups excluding carboxylic acids is 1. The van der Waals surface area contributed by atoms with Crippen LogP contribution in [0.2, 0.25) is 0 Å². The predicted molar refractivity (Wildman–Crippen MR) is 55.3 cm³/mol. The molecular formula is C7H4BrFINO. The monoisotopic (exact) mass is 343 g/mol. The van der Waals surface area contributed by atoms with Crippen molar-refractivity contribution in [3.8, 4) is 0 Å². The van der Waals surface area contributed by atoms with Crippen molar-refractivity contribution in [1.82, 2.24) is 0 Å². The molecule has 0 fully saturated rings. The quantitative estimate of drug-likeness (QED) is 0.617. The number of amides is 1. The van der Waals surface area contributed by atoms with Crippen molar-refractivity contribution in [3.05, 3.63) is 31.6 Å². The van der Waals surface area contributed by atoms with Crippen LogP contribution >= 0.6 is 38.5 Å². The number of hydrogen-bond acceptors (Lipinski definition) is 1. The highest BCUT2D eigenvalue weighted by Gasteiger charge is 2.09. The molecule has 0 aliphatic rings. The molecule has 0 aliphatic carbocycles. The summed E-state index contributed by atoms with van der Waals surface area (Å²) in [7, 11) is 0. The van der Waals surface area contributed by atoms with Crippen molar-refractivity contribution in [3.63, 3.8) is 0 Å². The Morgan fingerprint density at radius 2 is 2.17 bits per heavy atom. The second kappa shape index (κ2) is 3.69. The Labute approximate surface area is 90.6 Å². The Bertz CT molecular complexity index is 342. The lowest BCUT2D eigenvalue weighted by Crippen LogP contribution is -2.12. The smallest absolute Gasteiger partial charge is 0.249 e. The average Bonchev–Trinajstić information content (AvgIpc) is 1.96. The average molecular weight is 344 g/mol. The molecule has 1 aromatic rings. The molecule has 0 bridgehead atoms. The molecule has 0 radical (unpaired) electrons. The highest BCUT2D eigenvalue weighted by molar-refractivity contribution is 14.1. The fourth-order valence-corrected chi connectivity index (χ4v) is 1.69. The molecule has 0 spiro atoms. The molecule has 0 saturated heterocycles. The lowest BCUT2D eigenvalue weighted by molar-refractivity contribution is 0.0999. The van der Waals surface area contributed by atoms with Crippen molar-refractivity contribution >= 4 is 44.4 Å².